The first-order valence-electron chi connectivity index (χ1n) is 10.3. The van der Waals surface area contributed by atoms with Crippen molar-refractivity contribution in [1.82, 2.24) is 19.6 Å². The van der Waals surface area contributed by atoms with E-state index in [4.69, 9.17) is 4.42 Å². The quantitative estimate of drug-likeness (QED) is 0.369. The minimum atomic E-state index is -3.97. The molecule has 174 valence electrons. The molecule has 4 aromatic rings. The lowest BCUT2D eigenvalue weighted by molar-refractivity contribution is -0.132. The molecule has 4 rings (SSSR count). The zero-order chi connectivity index (χ0) is 23.6. The molecule has 0 aliphatic rings. The van der Waals surface area contributed by atoms with Crippen molar-refractivity contribution >= 4 is 49.6 Å². The normalized spacial score (nSPS) is 13.0. The van der Waals surface area contributed by atoms with Crippen molar-refractivity contribution in [3.05, 3.63) is 63.2 Å². The Hall–Kier alpha value is -2.60. The van der Waals surface area contributed by atoms with Crippen LogP contribution in [0.15, 0.2) is 56.1 Å². The molecule has 1 aromatic carbocycles. The summed E-state index contributed by atoms with van der Waals surface area (Å²) >= 11 is 2.95. The van der Waals surface area contributed by atoms with Crippen molar-refractivity contribution in [2.24, 2.45) is 0 Å². The van der Waals surface area contributed by atoms with E-state index in [0.717, 1.165) is 10.7 Å². The zero-order valence-electron chi connectivity index (χ0n) is 18.4. The van der Waals surface area contributed by atoms with Crippen LogP contribution in [0.1, 0.15) is 36.2 Å². The number of fused-ring (bicyclic) bond motifs is 1. The molecule has 1 N–H and O–H groups in total. The van der Waals surface area contributed by atoms with E-state index in [1.165, 1.54) is 34.6 Å². The number of likely N-dealkylation sites (N-methyl/N-ethyl adjacent to an activating group) is 1. The van der Waals surface area contributed by atoms with Gasteiger partial charge in [-0.1, -0.05) is 13.8 Å². The number of hydrogen-bond acceptors (Lipinski definition) is 8. The highest BCUT2D eigenvalue weighted by molar-refractivity contribution is 7.89. The Kier molecular flexibility index (Phi) is 6.94. The number of hydrogen-bond donors (Lipinski definition) is 1. The van der Waals surface area contributed by atoms with E-state index >= 15 is 0 Å². The van der Waals surface area contributed by atoms with Gasteiger partial charge in [0.15, 0.2) is 0 Å². The van der Waals surface area contributed by atoms with Crippen LogP contribution < -0.4 is 4.72 Å². The Bertz CT molecular complexity index is 1340. The van der Waals surface area contributed by atoms with Crippen molar-refractivity contribution in [1.29, 1.82) is 0 Å². The number of thiazole rings is 2. The van der Waals surface area contributed by atoms with Crippen molar-refractivity contribution in [2.45, 2.75) is 43.7 Å². The van der Waals surface area contributed by atoms with Gasteiger partial charge < -0.3 is 9.32 Å². The van der Waals surface area contributed by atoms with Crippen LogP contribution in [-0.4, -0.2) is 42.3 Å². The molecule has 1 amide bonds. The average molecular weight is 505 g/mol. The number of nitrogens with zero attached hydrogens (tertiary/aromatic N) is 3. The van der Waals surface area contributed by atoms with E-state index in [0.29, 0.717) is 29.1 Å². The number of nitrogens with one attached hydrogen (secondary N) is 1. The van der Waals surface area contributed by atoms with Crippen LogP contribution in [-0.2, 0) is 27.8 Å². The third kappa shape index (κ3) is 5.49. The van der Waals surface area contributed by atoms with Gasteiger partial charge in [-0.15, -0.1) is 22.7 Å². The minimum Gasteiger partial charge on any atom is -0.464 e. The Morgan fingerprint density at radius 3 is 2.73 bits per heavy atom. The summed E-state index contributed by atoms with van der Waals surface area (Å²) in [5.41, 5.74) is 3.67. The van der Waals surface area contributed by atoms with E-state index in [-0.39, 0.29) is 17.2 Å². The van der Waals surface area contributed by atoms with Gasteiger partial charge in [0.25, 0.3) is 0 Å². The van der Waals surface area contributed by atoms with Gasteiger partial charge in [0.05, 0.1) is 39.6 Å². The molecule has 0 bridgehead atoms. The third-order valence-corrected chi connectivity index (χ3v) is 8.36. The largest absolute Gasteiger partial charge is 0.464 e. The molecular weight excluding hydrogens is 480 g/mol. The standard InChI is InChI=1S/C22H24N4O4S3/c1-14(2)21-24-17(12-32-21)10-26(3)22(27)19(9-16-11-31-13-23-16)25-33(28,29)18-4-5-20-15(8-18)6-7-30-20/h4-8,11-14,19,25H,9-10H2,1-3H3/t19-/m0/s1. The molecule has 0 saturated heterocycles. The molecule has 0 aliphatic carbocycles. The first kappa shape index (κ1) is 23.6. The van der Waals surface area contributed by atoms with Gasteiger partial charge in [-0.25, -0.2) is 18.4 Å². The van der Waals surface area contributed by atoms with E-state index in [2.05, 4.69) is 28.5 Å². The second kappa shape index (κ2) is 9.72. The van der Waals surface area contributed by atoms with E-state index < -0.39 is 16.1 Å². The van der Waals surface area contributed by atoms with Gasteiger partial charge in [-0.3, -0.25) is 4.79 Å². The van der Waals surface area contributed by atoms with Crippen molar-refractivity contribution < 1.29 is 17.6 Å². The molecule has 3 heterocycles. The lowest BCUT2D eigenvalue weighted by Gasteiger charge is -2.24. The van der Waals surface area contributed by atoms with Crippen molar-refractivity contribution in [3.63, 3.8) is 0 Å². The Balaban J connectivity index is 1.56. The summed E-state index contributed by atoms with van der Waals surface area (Å²) in [5.74, 6) is -0.0448. The lowest BCUT2D eigenvalue weighted by Crippen LogP contribution is -2.48. The molecule has 0 spiro atoms. The number of furan rings is 1. The van der Waals surface area contributed by atoms with Crippen LogP contribution in [0.3, 0.4) is 0 Å². The predicted octanol–water partition coefficient (Wildman–Crippen LogP) is 4.02. The van der Waals surface area contributed by atoms with Gasteiger partial charge in [-0.2, -0.15) is 4.72 Å². The number of amides is 1. The molecule has 11 heteroatoms. The summed E-state index contributed by atoms with van der Waals surface area (Å²) in [5, 5.41) is 5.41. The smallest absolute Gasteiger partial charge is 0.241 e. The maximum atomic E-state index is 13.3. The van der Waals surface area contributed by atoms with Crippen molar-refractivity contribution in [2.75, 3.05) is 7.05 Å². The number of rotatable bonds is 9. The van der Waals surface area contributed by atoms with Gasteiger partial charge in [-0.05, 0) is 24.3 Å². The third-order valence-electron chi connectivity index (χ3n) is 5.07. The molecule has 0 unspecified atom stereocenters. The molecule has 8 nitrogen and oxygen atoms in total. The van der Waals surface area contributed by atoms with Crippen LogP contribution in [0.5, 0.6) is 0 Å². The fraction of sp³-hybridized carbons (Fsp3) is 0.318. The fourth-order valence-corrected chi connectivity index (χ4v) is 5.96. The highest BCUT2D eigenvalue weighted by Crippen LogP contribution is 2.22. The number of carbonyl (C=O) groups is 1. The second-order valence-corrected chi connectivity index (χ2v) is 11.3. The first-order valence-corrected chi connectivity index (χ1v) is 13.6. The minimum absolute atomic E-state index is 0.0659. The van der Waals surface area contributed by atoms with E-state index in [1.807, 2.05) is 5.38 Å². The van der Waals surface area contributed by atoms with Crippen LogP contribution in [0.2, 0.25) is 0 Å². The molecule has 0 saturated carbocycles. The monoisotopic (exact) mass is 504 g/mol. The summed E-state index contributed by atoms with van der Waals surface area (Å²) in [6.07, 6.45) is 1.65. The van der Waals surface area contributed by atoms with Gasteiger partial charge in [0.2, 0.25) is 15.9 Å². The summed E-state index contributed by atoms with van der Waals surface area (Å²) in [7, 11) is -2.32. The van der Waals surface area contributed by atoms with Crippen LogP contribution in [0.25, 0.3) is 11.0 Å². The van der Waals surface area contributed by atoms with Crippen LogP contribution in [0, 0.1) is 0 Å². The average Bonchev–Trinajstić information content (AvgIpc) is 3.53. The number of benzene rings is 1. The lowest BCUT2D eigenvalue weighted by atomic mass is 10.1. The van der Waals surface area contributed by atoms with Crippen LogP contribution in [0.4, 0.5) is 0 Å². The predicted molar refractivity (Wildman–Crippen MR) is 129 cm³/mol. The Labute approximate surface area is 200 Å². The SMILES string of the molecule is CC(C)c1nc(CN(C)C(=O)[C@H](Cc2cscn2)NS(=O)(=O)c2ccc3occc3c2)cs1. The number of carbonyl (C=O) groups excluding carboxylic acids is 1. The summed E-state index contributed by atoms with van der Waals surface area (Å²) in [6.45, 7) is 4.42. The molecule has 0 fully saturated rings. The maximum absolute atomic E-state index is 13.3. The molecule has 1 atom stereocenters. The summed E-state index contributed by atoms with van der Waals surface area (Å²) in [4.78, 5) is 23.7. The number of aromatic nitrogens is 2. The Morgan fingerprint density at radius 1 is 1.21 bits per heavy atom. The van der Waals surface area contributed by atoms with Gasteiger partial charge in [0, 0.05) is 35.5 Å². The maximum Gasteiger partial charge on any atom is 0.241 e. The van der Waals surface area contributed by atoms with E-state index in [9.17, 15) is 13.2 Å². The highest BCUT2D eigenvalue weighted by Gasteiger charge is 2.29. The molecule has 33 heavy (non-hydrogen) atoms. The fourth-order valence-electron chi connectivity index (χ4n) is 3.34. The Morgan fingerprint density at radius 2 is 2.03 bits per heavy atom. The second-order valence-electron chi connectivity index (χ2n) is 8.00. The topological polar surface area (TPSA) is 105 Å². The van der Waals surface area contributed by atoms with E-state index in [1.54, 1.807) is 41.4 Å². The van der Waals surface area contributed by atoms with Gasteiger partial charge in [0.1, 0.15) is 11.6 Å². The molecular formula is C22H24N4O4S3. The van der Waals surface area contributed by atoms with Gasteiger partial charge >= 0.3 is 0 Å². The summed E-state index contributed by atoms with van der Waals surface area (Å²) < 4.78 is 34.2. The zero-order valence-corrected chi connectivity index (χ0v) is 20.8. The first-order chi connectivity index (χ1) is 15.7. The van der Waals surface area contributed by atoms with Crippen LogP contribution >= 0.6 is 22.7 Å². The molecule has 3 aromatic heterocycles. The van der Waals surface area contributed by atoms with Crippen molar-refractivity contribution in [3.8, 4) is 0 Å². The number of sulfonamides is 1. The summed E-state index contributed by atoms with van der Waals surface area (Å²) in [6, 6.07) is 5.27. The molecule has 0 aliphatic heterocycles. The highest BCUT2D eigenvalue weighted by atomic mass is 32.2. The molecule has 0 radical (unpaired) electrons.